The molecular formula is C14H18N2OS. The highest BCUT2D eigenvalue weighted by molar-refractivity contribution is 7.11. The van der Waals surface area contributed by atoms with Gasteiger partial charge in [0.25, 0.3) is 0 Å². The number of ether oxygens (including phenoxy) is 1. The first-order valence-corrected chi connectivity index (χ1v) is 6.76. The first kappa shape index (κ1) is 13.1. The molecular weight excluding hydrogens is 244 g/mol. The van der Waals surface area contributed by atoms with Gasteiger partial charge in [-0.15, -0.1) is 11.3 Å². The van der Waals surface area contributed by atoms with Gasteiger partial charge in [0.2, 0.25) is 0 Å². The molecule has 18 heavy (non-hydrogen) atoms. The van der Waals surface area contributed by atoms with Gasteiger partial charge in [0.1, 0.15) is 5.01 Å². The summed E-state index contributed by atoms with van der Waals surface area (Å²) in [6.45, 7) is 5.54. The molecule has 4 heteroatoms. The number of aryl methyl sites for hydroxylation is 2. The molecule has 0 aliphatic rings. The number of benzene rings is 1. The Balaban J connectivity index is 2.05. The van der Waals surface area contributed by atoms with Crippen LogP contribution in [-0.2, 0) is 17.9 Å². The Hall–Kier alpha value is -1.39. The van der Waals surface area contributed by atoms with Crippen molar-refractivity contribution in [2.24, 2.45) is 0 Å². The van der Waals surface area contributed by atoms with Crippen LogP contribution in [0.5, 0.6) is 0 Å². The zero-order chi connectivity index (χ0) is 13.0. The summed E-state index contributed by atoms with van der Waals surface area (Å²) in [6.07, 6.45) is 0. The quantitative estimate of drug-likeness (QED) is 0.895. The molecule has 1 N–H and O–H groups in total. The van der Waals surface area contributed by atoms with Gasteiger partial charge in [-0.2, -0.15) is 0 Å². The number of rotatable bonds is 5. The van der Waals surface area contributed by atoms with Crippen molar-refractivity contribution in [2.45, 2.75) is 27.0 Å². The van der Waals surface area contributed by atoms with E-state index in [1.807, 2.05) is 19.1 Å². The van der Waals surface area contributed by atoms with Gasteiger partial charge in [0.15, 0.2) is 0 Å². The summed E-state index contributed by atoms with van der Waals surface area (Å²) in [6, 6.07) is 8.20. The number of thiazole rings is 1. The second kappa shape index (κ2) is 5.98. The van der Waals surface area contributed by atoms with Crippen LogP contribution in [-0.4, -0.2) is 12.1 Å². The summed E-state index contributed by atoms with van der Waals surface area (Å²) >= 11 is 1.75. The maximum absolute atomic E-state index is 5.19. The molecule has 0 amide bonds. The first-order valence-electron chi connectivity index (χ1n) is 5.94. The number of hydrogen-bond donors (Lipinski definition) is 1. The average molecular weight is 262 g/mol. The minimum atomic E-state index is 0.624. The molecule has 0 saturated heterocycles. The minimum Gasteiger partial charge on any atom is -0.380 e. The standard InChI is InChI=1S/C14H18N2OS/c1-10-11(2)18-14(16-10)8-15-13-7-5-4-6-12(13)9-17-3/h4-7,15H,8-9H2,1-3H3. The first-order chi connectivity index (χ1) is 8.70. The van der Waals surface area contributed by atoms with Gasteiger partial charge in [-0.25, -0.2) is 4.98 Å². The molecule has 0 fully saturated rings. The third-order valence-corrected chi connectivity index (χ3v) is 3.89. The zero-order valence-electron chi connectivity index (χ0n) is 11.0. The smallest absolute Gasteiger partial charge is 0.112 e. The fourth-order valence-electron chi connectivity index (χ4n) is 1.76. The van der Waals surface area contributed by atoms with E-state index in [4.69, 9.17) is 4.74 Å². The lowest BCUT2D eigenvalue weighted by atomic mass is 10.2. The van der Waals surface area contributed by atoms with Crippen LogP contribution in [0.1, 0.15) is 21.1 Å². The minimum absolute atomic E-state index is 0.624. The van der Waals surface area contributed by atoms with E-state index in [1.165, 1.54) is 10.4 Å². The molecule has 1 heterocycles. The van der Waals surface area contributed by atoms with E-state index in [2.05, 4.69) is 29.4 Å². The molecule has 0 saturated carbocycles. The van der Waals surface area contributed by atoms with E-state index >= 15 is 0 Å². The predicted molar refractivity (Wildman–Crippen MR) is 76.1 cm³/mol. The van der Waals surface area contributed by atoms with Gasteiger partial charge in [0, 0.05) is 23.2 Å². The van der Waals surface area contributed by atoms with E-state index in [1.54, 1.807) is 18.4 Å². The third-order valence-electron chi connectivity index (χ3n) is 2.82. The van der Waals surface area contributed by atoms with E-state index in [9.17, 15) is 0 Å². The van der Waals surface area contributed by atoms with Gasteiger partial charge in [-0.3, -0.25) is 0 Å². The van der Waals surface area contributed by atoms with Gasteiger partial charge in [0.05, 0.1) is 18.8 Å². The van der Waals surface area contributed by atoms with Gasteiger partial charge in [-0.1, -0.05) is 18.2 Å². The molecule has 1 aromatic heterocycles. The van der Waals surface area contributed by atoms with Crippen molar-refractivity contribution in [3.63, 3.8) is 0 Å². The van der Waals surface area contributed by atoms with Crippen molar-refractivity contribution >= 4 is 17.0 Å². The SMILES string of the molecule is COCc1ccccc1NCc1nc(C)c(C)s1. The Morgan fingerprint density at radius 2 is 2.06 bits per heavy atom. The van der Waals surface area contributed by atoms with Crippen LogP contribution in [0.3, 0.4) is 0 Å². The Morgan fingerprint density at radius 1 is 1.28 bits per heavy atom. The molecule has 0 aliphatic heterocycles. The number of aromatic nitrogens is 1. The zero-order valence-corrected chi connectivity index (χ0v) is 11.8. The summed E-state index contributed by atoms with van der Waals surface area (Å²) in [5.41, 5.74) is 3.41. The lowest BCUT2D eigenvalue weighted by molar-refractivity contribution is 0.185. The highest BCUT2D eigenvalue weighted by Gasteiger charge is 2.05. The van der Waals surface area contributed by atoms with Crippen LogP contribution < -0.4 is 5.32 Å². The number of para-hydroxylation sites is 1. The normalized spacial score (nSPS) is 10.6. The fourth-order valence-corrected chi connectivity index (χ4v) is 2.63. The van der Waals surface area contributed by atoms with E-state index in [0.717, 1.165) is 22.9 Å². The van der Waals surface area contributed by atoms with Crippen LogP contribution in [0.4, 0.5) is 5.69 Å². The Bertz CT molecular complexity index is 503. The van der Waals surface area contributed by atoms with Gasteiger partial charge in [-0.05, 0) is 19.9 Å². The Kier molecular flexibility index (Phi) is 4.33. The van der Waals surface area contributed by atoms with Gasteiger partial charge < -0.3 is 10.1 Å². The number of hydrogen-bond acceptors (Lipinski definition) is 4. The molecule has 3 nitrogen and oxygen atoms in total. The maximum atomic E-state index is 5.19. The van der Waals surface area contributed by atoms with Crippen LogP contribution in [0.2, 0.25) is 0 Å². The molecule has 96 valence electrons. The van der Waals surface area contributed by atoms with Crippen molar-refractivity contribution in [3.05, 3.63) is 45.4 Å². The van der Waals surface area contributed by atoms with Crippen LogP contribution in [0.15, 0.2) is 24.3 Å². The molecule has 1 aromatic carbocycles. The molecule has 0 bridgehead atoms. The van der Waals surface area contributed by atoms with Crippen molar-refractivity contribution in [1.82, 2.24) is 4.98 Å². The van der Waals surface area contributed by atoms with E-state index in [-0.39, 0.29) is 0 Å². The lowest BCUT2D eigenvalue weighted by Crippen LogP contribution is -2.02. The highest BCUT2D eigenvalue weighted by Crippen LogP contribution is 2.20. The predicted octanol–water partition coefficient (Wildman–Crippen LogP) is 3.52. The van der Waals surface area contributed by atoms with E-state index in [0.29, 0.717) is 6.61 Å². The summed E-state index contributed by atoms with van der Waals surface area (Å²) < 4.78 is 5.19. The molecule has 0 aliphatic carbocycles. The second-order valence-electron chi connectivity index (χ2n) is 4.19. The lowest BCUT2D eigenvalue weighted by Gasteiger charge is -2.10. The maximum Gasteiger partial charge on any atom is 0.112 e. The third kappa shape index (κ3) is 3.09. The topological polar surface area (TPSA) is 34.1 Å². The molecule has 2 aromatic rings. The highest BCUT2D eigenvalue weighted by atomic mass is 32.1. The number of anilines is 1. The summed E-state index contributed by atoms with van der Waals surface area (Å²) in [7, 11) is 1.71. The molecule has 0 spiro atoms. The van der Waals surface area contributed by atoms with Crippen LogP contribution in [0, 0.1) is 13.8 Å². The Morgan fingerprint density at radius 3 is 2.72 bits per heavy atom. The summed E-state index contributed by atoms with van der Waals surface area (Å²) in [5.74, 6) is 0. The van der Waals surface area contributed by atoms with Crippen LogP contribution in [0.25, 0.3) is 0 Å². The molecule has 2 rings (SSSR count). The molecule has 0 unspecified atom stereocenters. The van der Waals surface area contributed by atoms with E-state index < -0.39 is 0 Å². The van der Waals surface area contributed by atoms with Crippen molar-refractivity contribution in [2.75, 3.05) is 12.4 Å². The summed E-state index contributed by atoms with van der Waals surface area (Å²) in [4.78, 5) is 5.81. The van der Waals surface area contributed by atoms with Crippen molar-refractivity contribution in [3.8, 4) is 0 Å². The second-order valence-corrected chi connectivity index (χ2v) is 5.48. The number of nitrogens with zero attached hydrogens (tertiary/aromatic N) is 1. The number of methoxy groups -OCH3 is 1. The monoisotopic (exact) mass is 262 g/mol. The number of nitrogens with one attached hydrogen (secondary N) is 1. The molecule has 0 atom stereocenters. The average Bonchev–Trinajstić information content (AvgIpc) is 2.68. The fraction of sp³-hybridized carbons (Fsp3) is 0.357. The van der Waals surface area contributed by atoms with Gasteiger partial charge >= 0.3 is 0 Å². The molecule has 0 radical (unpaired) electrons. The summed E-state index contributed by atoms with van der Waals surface area (Å²) in [5, 5.41) is 4.55. The van der Waals surface area contributed by atoms with Crippen molar-refractivity contribution < 1.29 is 4.74 Å². The van der Waals surface area contributed by atoms with Crippen LogP contribution >= 0.6 is 11.3 Å². The Labute approximate surface area is 112 Å². The largest absolute Gasteiger partial charge is 0.380 e. The van der Waals surface area contributed by atoms with Crippen molar-refractivity contribution in [1.29, 1.82) is 0 Å².